The molecule has 0 radical (unpaired) electrons. The van der Waals surface area contributed by atoms with Gasteiger partial charge in [0.25, 0.3) is 0 Å². The van der Waals surface area contributed by atoms with Gasteiger partial charge in [-0.25, -0.2) is 9.59 Å². The zero-order valence-corrected chi connectivity index (χ0v) is 21.3. The second-order valence-electron chi connectivity index (χ2n) is 8.84. The van der Waals surface area contributed by atoms with Crippen molar-refractivity contribution in [2.45, 2.75) is 32.6 Å². The van der Waals surface area contributed by atoms with Crippen LogP contribution in [0.4, 0.5) is 5.69 Å². The van der Waals surface area contributed by atoms with Crippen molar-refractivity contribution in [3.63, 3.8) is 0 Å². The SMILES string of the molecule is CC(=O)Nc1ccc(CCC(=O)NCCc2ccc3[nH]cc(CCN(C)C)c3c2)cc1.O=C(O)C(=O)O. The highest BCUT2D eigenvalue weighted by molar-refractivity contribution is 6.27. The van der Waals surface area contributed by atoms with Crippen molar-refractivity contribution in [2.24, 2.45) is 0 Å². The first-order chi connectivity index (χ1) is 17.5. The number of hydrogen-bond acceptors (Lipinski definition) is 5. The highest BCUT2D eigenvalue weighted by Gasteiger charge is 2.07. The van der Waals surface area contributed by atoms with E-state index in [1.807, 2.05) is 24.3 Å². The number of carboxylic acids is 2. The number of H-pyrrole nitrogens is 1. The fraction of sp³-hybridized carbons (Fsp3) is 0.333. The Balaban J connectivity index is 0.000000717. The second kappa shape index (κ2) is 14.4. The van der Waals surface area contributed by atoms with Crippen molar-refractivity contribution in [1.29, 1.82) is 0 Å². The van der Waals surface area contributed by atoms with Crippen LogP contribution in [0.25, 0.3) is 10.9 Å². The molecule has 37 heavy (non-hydrogen) atoms. The smallest absolute Gasteiger partial charge is 0.414 e. The number of anilines is 1. The van der Waals surface area contributed by atoms with Crippen molar-refractivity contribution in [3.05, 3.63) is 65.4 Å². The maximum Gasteiger partial charge on any atom is 0.414 e. The molecule has 0 bridgehead atoms. The Bertz CT molecular complexity index is 1210. The van der Waals surface area contributed by atoms with Crippen LogP contribution in [0.3, 0.4) is 0 Å². The van der Waals surface area contributed by atoms with E-state index in [1.165, 1.54) is 23.4 Å². The third-order valence-electron chi connectivity index (χ3n) is 5.49. The molecule has 0 aliphatic heterocycles. The topological polar surface area (TPSA) is 152 Å². The molecule has 3 rings (SSSR count). The monoisotopic (exact) mass is 510 g/mol. The van der Waals surface area contributed by atoms with E-state index in [1.54, 1.807) is 0 Å². The molecule has 2 amide bonds. The minimum Gasteiger partial charge on any atom is -0.473 e. The number of amides is 2. The van der Waals surface area contributed by atoms with Gasteiger partial charge in [0.05, 0.1) is 0 Å². The van der Waals surface area contributed by atoms with Crippen LogP contribution in [-0.2, 0) is 38.4 Å². The van der Waals surface area contributed by atoms with Crippen LogP contribution in [0.15, 0.2) is 48.7 Å². The Labute approximate surface area is 215 Å². The van der Waals surface area contributed by atoms with Gasteiger partial charge < -0.3 is 30.7 Å². The molecular weight excluding hydrogens is 476 g/mol. The zero-order valence-electron chi connectivity index (χ0n) is 21.3. The van der Waals surface area contributed by atoms with Gasteiger partial charge in [-0.3, -0.25) is 9.59 Å². The number of aliphatic carboxylic acids is 2. The summed E-state index contributed by atoms with van der Waals surface area (Å²) in [6.07, 6.45) is 5.05. The number of nitrogens with zero attached hydrogens (tertiary/aromatic N) is 1. The van der Waals surface area contributed by atoms with E-state index in [2.05, 4.69) is 59.0 Å². The fourth-order valence-corrected chi connectivity index (χ4v) is 3.58. The van der Waals surface area contributed by atoms with E-state index >= 15 is 0 Å². The van der Waals surface area contributed by atoms with Gasteiger partial charge >= 0.3 is 11.9 Å². The Morgan fingerprint density at radius 1 is 0.892 bits per heavy atom. The quantitative estimate of drug-likeness (QED) is 0.263. The molecule has 0 aliphatic carbocycles. The van der Waals surface area contributed by atoms with E-state index in [0.717, 1.165) is 36.2 Å². The first-order valence-electron chi connectivity index (χ1n) is 11.9. The van der Waals surface area contributed by atoms with E-state index in [0.29, 0.717) is 19.4 Å². The lowest BCUT2D eigenvalue weighted by Gasteiger charge is -2.09. The highest BCUT2D eigenvalue weighted by atomic mass is 16.4. The molecule has 2 aromatic carbocycles. The van der Waals surface area contributed by atoms with Gasteiger partial charge in [0, 0.05) is 49.2 Å². The fourth-order valence-electron chi connectivity index (χ4n) is 3.58. The lowest BCUT2D eigenvalue weighted by Crippen LogP contribution is -2.25. The molecule has 0 aliphatic rings. The second-order valence-corrected chi connectivity index (χ2v) is 8.84. The number of nitrogens with one attached hydrogen (secondary N) is 3. The third-order valence-corrected chi connectivity index (χ3v) is 5.49. The van der Waals surface area contributed by atoms with Crippen molar-refractivity contribution >= 4 is 40.3 Å². The molecule has 3 aromatic rings. The zero-order chi connectivity index (χ0) is 27.4. The first-order valence-corrected chi connectivity index (χ1v) is 11.9. The van der Waals surface area contributed by atoms with E-state index in [9.17, 15) is 9.59 Å². The minimum absolute atomic E-state index is 0.0559. The predicted molar refractivity (Wildman–Crippen MR) is 142 cm³/mol. The molecule has 5 N–H and O–H groups in total. The largest absolute Gasteiger partial charge is 0.473 e. The molecule has 198 valence electrons. The van der Waals surface area contributed by atoms with Crippen LogP contribution < -0.4 is 10.6 Å². The number of carbonyl (C=O) groups excluding carboxylic acids is 2. The lowest BCUT2D eigenvalue weighted by molar-refractivity contribution is -0.159. The van der Waals surface area contributed by atoms with Gasteiger partial charge in [0.1, 0.15) is 0 Å². The van der Waals surface area contributed by atoms with Crippen LogP contribution in [0.1, 0.15) is 30.0 Å². The number of likely N-dealkylation sites (N-methyl/N-ethyl adjacent to an activating group) is 1. The van der Waals surface area contributed by atoms with Gasteiger partial charge in [0.15, 0.2) is 0 Å². The molecule has 0 fully saturated rings. The van der Waals surface area contributed by atoms with Gasteiger partial charge in [0.2, 0.25) is 11.8 Å². The maximum absolute atomic E-state index is 12.2. The summed E-state index contributed by atoms with van der Waals surface area (Å²) in [5.41, 5.74) is 5.56. The molecule has 0 unspecified atom stereocenters. The summed E-state index contributed by atoms with van der Waals surface area (Å²) in [5, 5.41) is 21.8. The molecule has 0 saturated carbocycles. The number of aryl methyl sites for hydroxylation is 1. The van der Waals surface area contributed by atoms with Crippen LogP contribution in [0.2, 0.25) is 0 Å². The average molecular weight is 511 g/mol. The molecule has 10 heteroatoms. The van der Waals surface area contributed by atoms with Crippen LogP contribution in [0, 0.1) is 0 Å². The van der Waals surface area contributed by atoms with Crippen LogP contribution in [-0.4, -0.2) is 71.0 Å². The number of hydrogen-bond donors (Lipinski definition) is 5. The minimum atomic E-state index is -1.82. The van der Waals surface area contributed by atoms with Gasteiger partial charge in [-0.15, -0.1) is 0 Å². The Morgan fingerprint density at radius 3 is 2.14 bits per heavy atom. The van der Waals surface area contributed by atoms with Gasteiger partial charge in [-0.2, -0.15) is 0 Å². The normalized spacial score (nSPS) is 10.5. The summed E-state index contributed by atoms with van der Waals surface area (Å²) < 4.78 is 0. The highest BCUT2D eigenvalue weighted by Crippen LogP contribution is 2.21. The molecule has 0 saturated heterocycles. The van der Waals surface area contributed by atoms with Crippen molar-refractivity contribution < 1.29 is 29.4 Å². The summed E-state index contributed by atoms with van der Waals surface area (Å²) in [6.45, 7) is 3.13. The Kier molecular flexibility index (Phi) is 11.3. The van der Waals surface area contributed by atoms with Crippen molar-refractivity contribution in [3.8, 4) is 0 Å². The predicted octanol–water partition coefficient (Wildman–Crippen LogP) is 2.68. The van der Waals surface area contributed by atoms with Crippen LogP contribution >= 0.6 is 0 Å². The summed E-state index contributed by atoms with van der Waals surface area (Å²) in [5.74, 6) is -3.68. The van der Waals surface area contributed by atoms with Gasteiger partial charge in [-0.1, -0.05) is 18.2 Å². The van der Waals surface area contributed by atoms with E-state index in [4.69, 9.17) is 19.8 Å². The average Bonchev–Trinajstić information content (AvgIpc) is 3.24. The Hall–Kier alpha value is -4.18. The Morgan fingerprint density at radius 2 is 1.54 bits per heavy atom. The molecule has 1 aromatic heterocycles. The van der Waals surface area contributed by atoms with Gasteiger partial charge in [-0.05, 0) is 74.3 Å². The lowest BCUT2D eigenvalue weighted by atomic mass is 10.1. The molecule has 0 spiro atoms. The third kappa shape index (κ3) is 10.5. The number of carbonyl (C=O) groups is 4. The summed E-state index contributed by atoms with van der Waals surface area (Å²) in [7, 11) is 4.17. The van der Waals surface area contributed by atoms with Crippen LogP contribution in [0.5, 0.6) is 0 Å². The number of aromatic nitrogens is 1. The van der Waals surface area contributed by atoms with E-state index < -0.39 is 11.9 Å². The molecule has 1 heterocycles. The number of fused-ring (bicyclic) bond motifs is 1. The summed E-state index contributed by atoms with van der Waals surface area (Å²) in [4.78, 5) is 47.0. The number of benzene rings is 2. The summed E-state index contributed by atoms with van der Waals surface area (Å²) in [6, 6.07) is 14.1. The standard InChI is InChI=1S/C25H32N4O2.C2H2O4/c1-18(30)28-22-8-4-19(5-9-22)7-11-25(31)26-14-12-20-6-10-24-23(16-20)21(17-27-24)13-15-29(2)3;3-1(4)2(5)6/h4-6,8-10,16-17,27H,7,11-15H2,1-3H3,(H,26,31)(H,28,30);(H,3,4)(H,5,6). The molecule has 10 nitrogen and oxygen atoms in total. The number of aromatic amines is 1. The maximum atomic E-state index is 12.2. The van der Waals surface area contributed by atoms with Crippen molar-refractivity contribution in [2.75, 3.05) is 32.5 Å². The summed E-state index contributed by atoms with van der Waals surface area (Å²) >= 11 is 0. The van der Waals surface area contributed by atoms with Crippen molar-refractivity contribution in [1.82, 2.24) is 15.2 Å². The molecular formula is C27H34N4O6. The number of rotatable bonds is 10. The number of carboxylic acid groups (broad SMARTS) is 2. The van der Waals surface area contributed by atoms with E-state index in [-0.39, 0.29) is 11.8 Å². The first kappa shape index (κ1) is 29.1. The molecule has 0 atom stereocenters.